The van der Waals surface area contributed by atoms with Gasteiger partial charge in [-0.2, -0.15) is 0 Å². The van der Waals surface area contributed by atoms with Crippen molar-refractivity contribution in [2.24, 2.45) is 5.92 Å². The lowest BCUT2D eigenvalue weighted by atomic mass is 9.93. The zero-order valence-corrected chi connectivity index (χ0v) is 16.3. The molecule has 3 amide bonds. The third-order valence-corrected chi connectivity index (χ3v) is 5.48. The minimum Gasteiger partial charge on any atom is -0.416 e. The number of halogens is 1. The van der Waals surface area contributed by atoms with Gasteiger partial charge in [0.05, 0.1) is 5.92 Å². The molecule has 1 fully saturated rings. The van der Waals surface area contributed by atoms with Gasteiger partial charge < -0.3 is 9.73 Å². The van der Waals surface area contributed by atoms with Gasteiger partial charge in [-0.3, -0.25) is 9.69 Å². The number of urea groups is 1. The van der Waals surface area contributed by atoms with Crippen molar-refractivity contribution in [1.82, 2.24) is 20.4 Å². The van der Waals surface area contributed by atoms with Gasteiger partial charge in [-0.05, 0) is 18.6 Å². The van der Waals surface area contributed by atoms with Gasteiger partial charge in [0, 0.05) is 29.8 Å². The van der Waals surface area contributed by atoms with Gasteiger partial charge in [-0.1, -0.05) is 47.6 Å². The van der Waals surface area contributed by atoms with Gasteiger partial charge >= 0.3 is 6.03 Å². The first kappa shape index (κ1) is 19.4. The number of rotatable bonds is 7. The minimum atomic E-state index is -0.468. The van der Waals surface area contributed by atoms with Crippen molar-refractivity contribution in [3.63, 3.8) is 0 Å². The Morgan fingerprint density at radius 1 is 1.37 bits per heavy atom. The van der Waals surface area contributed by atoms with Crippen molar-refractivity contribution in [2.45, 2.75) is 30.4 Å². The summed E-state index contributed by atoms with van der Waals surface area (Å²) in [6.45, 7) is 5.53. The van der Waals surface area contributed by atoms with E-state index in [9.17, 15) is 9.59 Å². The highest BCUT2D eigenvalue weighted by Gasteiger charge is 2.39. The van der Waals surface area contributed by atoms with Crippen LogP contribution in [-0.2, 0) is 17.0 Å². The topological polar surface area (TPSA) is 88.3 Å². The summed E-state index contributed by atoms with van der Waals surface area (Å²) >= 11 is 7.52. The lowest BCUT2D eigenvalue weighted by Gasteiger charge is -2.34. The zero-order chi connectivity index (χ0) is 19.4. The molecule has 0 spiro atoms. The van der Waals surface area contributed by atoms with Gasteiger partial charge in [0.1, 0.15) is 0 Å². The van der Waals surface area contributed by atoms with Crippen LogP contribution in [0.25, 0.3) is 0 Å². The fourth-order valence-electron chi connectivity index (χ4n) is 2.78. The van der Waals surface area contributed by atoms with Crippen LogP contribution in [-0.4, -0.2) is 39.6 Å². The Hall–Kier alpha value is -2.32. The molecule has 2 heterocycles. The number of thioether (sulfide) groups is 1. The highest BCUT2D eigenvalue weighted by atomic mass is 35.5. The molecule has 1 saturated heterocycles. The second kappa shape index (κ2) is 8.58. The molecule has 2 unspecified atom stereocenters. The molecule has 1 aliphatic heterocycles. The number of hydrogen-bond donors (Lipinski definition) is 1. The molecule has 3 rings (SSSR count). The number of nitrogens with one attached hydrogen (secondary N) is 1. The quantitative estimate of drug-likeness (QED) is 0.560. The Morgan fingerprint density at radius 2 is 2.15 bits per heavy atom. The summed E-state index contributed by atoms with van der Waals surface area (Å²) in [7, 11) is 0. The molecule has 0 radical (unpaired) electrons. The largest absolute Gasteiger partial charge is 0.416 e. The predicted molar refractivity (Wildman–Crippen MR) is 102 cm³/mol. The van der Waals surface area contributed by atoms with Crippen LogP contribution in [0.1, 0.15) is 18.4 Å². The van der Waals surface area contributed by atoms with Gasteiger partial charge in [-0.25, -0.2) is 4.79 Å². The lowest BCUT2D eigenvalue weighted by Crippen LogP contribution is -2.59. The Labute approximate surface area is 166 Å². The van der Waals surface area contributed by atoms with Crippen molar-refractivity contribution < 1.29 is 14.0 Å². The molecular weight excluding hydrogens is 388 g/mol. The first-order valence-electron chi connectivity index (χ1n) is 8.41. The Kier molecular flexibility index (Phi) is 6.18. The summed E-state index contributed by atoms with van der Waals surface area (Å²) in [5.41, 5.74) is 0.975. The number of amides is 3. The maximum absolute atomic E-state index is 12.6. The Bertz CT molecular complexity index is 857. The molecule has 142 valence electrons. The molecule has 9 heteroatoms. The smallest absolute Gasteiger partial charge is 0.324 e. The van der Waals surface area contributed by atoms with Crippen LogP contribution in [0.2, 0.25) is 5.02 Å². The van der Waals surface area contributed by atoms with Crippen LogP contribution in [0, 0.1) is 5.92 Å². The average molecular weight is 407 g/mol. The van der Waals surface area contributed by atoms with E-state index in [-0.39, 0.29) is 24.9 Å². The molecule has 1 aromatic carbocycles. The molecule has 0 saturated carbocycles. The van der Waals surface area contributed by atoms with E-state index in [1.807, 2.05) is 24.3 Å². The summed E-state index contributed by atoms with van der Waals surface area (Å²) in [6.07, 6.45) is 1.77. The number of imide groups is 1. The van der Waals surface area contributed by atoms with E-state index in [0.29, 0.717) is 21.9 Å². The summed E-state index contributed by atoms with van der Waals surface area (Å²) in [5, 5.41) is 11.9. The fourth-order valence-corrected chi connectivity index (χ4v) is 3.84. The number of carbonyl (C=O) groups excluding carboxylic acids is 2. The van der Waals surface area contributed by atoms with E-state index >= 15 is 0 Å². The standard InChI is InChI=1S/C18H19ClN4O3S/c1-3-8-23-16(24)13(11(2)20-17(23)25)9-15-21-22-18(26-15)27-10-12-6-4-5-7-14(12)19/h3-7,11,13H,1,8-10H2,2H3,(H,20,25). The number of hydrogen-bond acceptors (Lipinski definition) is 6. The van der Waals surface area contributed by atoms with E-state index in [2.05, 4.69) is 22.1 Å². The SMILES string of the molecule is C=CCN1C(=O)NC(C)C(Cc2nnc(SCc3ccccc3Cl)o2)C1=O. The fraction of sp³-hybridized carbons (Fsp3) is 0.333. The molecule has 0 aliphatic carbocycles. The Balaban J connectivity index is 1.64. The van der Waals surface area contributed by atoms with Crippen molar-refractivity contribution in [3.8, 4) is 0 Å². The Morgan fingerprint density at radius 3 is 2.89 bits per heavy atom. The first-order valence-corrected chi connectivity index (χ1v) is 9.77. The molecule has 27 heavy (non-hydrogen) atoms. The molecular formula is C18H19ClN4O3S. The van der Waals surface area contributed by atoms with E-state index in [1.54, 1.807) is 6.92 Å². The van der Waals surface area contributed by atoms with Crippen LogP contribution in [0.4, 0.5) is 4.79 Å². The van der Waals surface area contributed by atoms with Crippen LogP contribution in [0.5, 0.6) is 0 Å². The number of nitrogens with zero attached hydrogens (tertiary/aromatic N) is 3. The first-order chi connectivity index (χ1) is 13.0. The zero-order valence-electron chi connectivity index (χ0n) is 14.7. The average Bonchev–Trinajstić information content (AvgIpc) is 3.09. The predicted octanol–water partition coefficient (Wildman–Crippen LogP) is 3.30. The normalized spacial score (nSPS) is 19.9. The van der Waals surface area contributed by atoms with Crippen LogP contribution >= 0.6 is 23.4 Å². The summed E-state index contributed by atoms with van der Waals surface area (Å²) in [5.74, 6) is 0.221. The summed E-state index contributed by atoms with van der Waals surface area (Å²) in [6, 6.07) is 6.82. The molecule has 1 aliphatic rings. The monoisotopic (exact) mass is 406 g/mol. The van der Waals surface area contributed by atoms with E-state index in [1.165, 1.54) is 17.8 Å². The van der Waals surface area contributed by atoms with Crippen molar-refractivity contribution in [3.05, 3.63) is 53.4 Å². The maximum atomic E-state index is 12.6. The summed E-state index contributed by atoms with van der Waals surface area (Å²) in [4.78, 5) is 25.7. The van der Waals surface area contributed by atoms with E-state index < -0.39 is 11.9 Å². The third-order valence-electron chi connectivity index (χ3n) is 4.25. The highest BCUT2D eigenvalue weighted by Crippen LogP contribution is 2.27. The van der Waals surface area contributed by atoms with Gasteiger partial charge in [0.25, 0.3) is 5.22 Å². The third kappa shape index (κ3) is 4.51. The van der Waals surface area contributed by atoms with Crippen molar-refractivity contribution in [1.29, 1.82) is 0 Å². The molecule has 2 atom stereocenters. The van der Waals surface area contributed by atoms with E-state index in [0.717, 1.165) is 10.5 Å². The number of aromatic nitrogens is 2. The maximum Gasteiger partial charge on any atom is 0.324 e. The van der Waals surface area contributed by atoms with Crippen LogP contribution in [0.3, 0.4) is 0 Å². The van der Waals surface area contributed by atoms with Crippen molar-refractivity contribution >= 4 is 35.3 Å². The molecule has 7 nitrogen and oxygen atoms in total. The highest BCUT2D eigenvalue weighted by molar-refractivity contribution is 7.98. The lowest BCUT2D eigenvalue weighted by molar-refractivity contribution is -0.134. The van der Waals surface area contributed by atoms with E-state index in [4.69, 9.17) is 16.0 Å². The molecule has 1 aromatic heterocycles. The van der Waals surface area contributed by atoms with Crippen LogP contribution in [0.15, 0.2) is 46.6 Å². The minimum absolute atomic E-state index is 0.163. The van der Waals surface area contributed by atoms with Gasteiger partial charge in [0.2, 0.25) is 11.8 Å². The number of carbonyl (C=O) groups is 2. The van der Waals surface area contributed by atoms with Gasteiger partial charge in [-0.15, -0.1) is 16.8 Å². The molecule has 0 bridgehead atoms. The number of benzene rings is 1. The van der Waals surface area contributed by atoms with Crippen molar-refractivity contribution in [2.75, 3.05) is 6.54 Å². The second-order valence-electron chi connectivity index (χ2n) is 6.13. The van der Waals surface area contributed by atoms with Crippen LogP contribution < -0.4 is 5.32 Å². The molecule has 2 aromatic rings. The van der Waals surface area contributed by atoms with Gasteiger partial charge in [0.15, 0.2) is 0 Å². The molecule has 1 N–H and O–H groups in total. The summed E-state index contributed by atoms with van der Waals surface area (Å²) < 4.78 is 5.66. The second-order valence-corrected chi connectivity index (χ2v) is 7.46.